The van der Waals surface area contributed by atoms with Crippen molar-refractivity contribution in [2.75, 3.05) is 0 Å². The molecule has 0 amide bonds. The highest BCUT2D eigenvalue weighted by molar-refractivity contribution is 5.22. The van der Waals surface area contributed by atoms with Gasteiger partial charge in [0.2, 0.25) is 0 Å². The Balaban J connectivity index is 1.93. The summed E-state index contributed by atoms with van der Waals surface area (Å²) in [6, 6.07) is 3.90. The van der Waals surface area contributed by atoms with Crippen LogP contribution in [0.1, 0.15) is 41.9 Å². The molecule has 0 atom stereocenters. The van der Waals surface area contributed by atoms with E-state index in [4.69, 9.17) is 0 Å². The third kappa shape index (κ3) is 2.72. The number of nitrogens with one attached hydrogen (secondary N) is 1. The van der Waals surface area contributed by atoms with Gasteiger partial charge in [0.1, 0.15) is 5.82 Å². The molecule has 0 unspecified atom stereocenters. The van der Waals surface area contributed by atoms with E-state index in [1.807, 2.05) is 18.3 Å². The molecular weight excluding hydrogens is 238 g/mol. The molecule has 0 fully saturated rings. The van der Waals surface area contributed by atoms with Crippen LogP contribution in [0.4, 0.5) is 0 Å². The van der Waals surface area contributed by atoms with E-state index in [-0.39, 0.29) is 5.56 Å². The molecule has 4 heteroatoms. The Morgan fingerprint density at radius 3 is 2.95 bits per heavy atom. The van der Waals surface area contributed by atoms with E-state index in [0.717, 1.165) is 48.3 Å². The van der Waals surface area contributed by atoms with E-state index in [1.165, 1.54) is 6.42 Å². The van der Waals surface area contributed by atoms with Crippen molar-refractivity contribution in [1.29, 1.82) is 0 Å². The Labute approximate surface area is 111 Å². The van der Waals surface area contributed by atoms with Gasteiger partial charge < -0.3 is 4.98 Å². The summed E-state index contributed by atoms with van der Waals surface area (Å²) in [6.07, 6.45) is 9.41. The zero-order valence-electron chi connectivity index (χ0n) is 10.9. The third-order valence-electron chi connectivity index (χ3n) is 3.58. The summed E-state index contributed by atoms with van der Waals surface area (Å²) in [6.45, 7) is 0. The van der Waals surface area contributed by atoms with E-state index in [9.17, 15) is 4.79 Å². The summed E-state index contributed by atoms with van der Waals surface area (Å²) in [4.78, 5) is 23.8. The van der Waals surface area contributed by atoms with E-state index >= 15 is 0 Å². The monoisotopic (exact) mass is 255 g/mol. The second kappa shape index (κ2) is 5.34. The molecule has 4 nitrogen and oxygen atoms in total. The van der Waals surface area contributed by atoms with Gasteiger partial charge >= 0.3 is 0 Å². The van der Waals surface area contributed by atoms with Crippen LogP contribution in [0.15, 0.2) is 29.3 Å². The second-order valence-corrected chi connectivity index (χ2v) is 5.04. The average Bonchev–Trinajstić information content (AvgIpc) is 2.65. The molecule has 0 saturated heterocycles. The van der Waals surface area contributed by atoms with Crippen LogP contribution in [-0.2, 0) is 19.3 Å². The first kappa shape index (κ1) is 12.1. The van der Waals surface area contributed by atoms with Crippen molar-refractivity contribution >= 4 is 0 Å². The molecule has 98 valence electrons. The molecule has 0 aromatic carbocycles. The van der Waals surface area contributed by atoms with Crippen molar-refractivity contribution in [3.63, 3.8) is 0 Å². The van der Waals surface area contributed by atoms with Gasteiger partial charge in [-0.1, -0.05) is 12.5 Å². The number of H-pyrrole nitrogens is 1. The van der Waals surface area contributed by atoms with Crippen LogP contribution < -0.4 is 5.56 Å². The number of aryl methyl sites for hydroxylation is 1. The van der Waals surface area contributed by atoms with Crippen molar-refractivity contribution in [2.45, 2.75) is 38.5 Å². The number of hydrogen-bond donors (Lipinski definition) is 1. The summed E-state index contributed by atoms with van der Waals surface area (Å²) >= 11 is 0. The molecule has 1 aliphatic rings. The number of rotatable bonds is 2. The molecule has 1 aliphatic carbocycles. The van der Waals surface area contributed by atoms with Crippen molar-refractivity contribution in [2.24, 2.45) is 0 Å². The van der Waals surface area contributed by atoms with Crippen molar-refractivity contribution < 1.29 is 0 Å². The molecular formula is C15H17N3O. The van der Waals surface area contributed by atoms with E-state index in [2.05, 4.69) is 15.0 Å². The third-order valence-corrected chi connectivity index (χ3v) is 3.58. The minimum Gasteiger partial charge on any atom is -0.310 e. The fourth-order valence-corrected chi connectivity index (χ4v) is 2.61. The Morgan fingerprint density at radius 2 is 2.11 bits per heavy atom. The summed E-state index contributed by atoms with van der Waals surface area (Å²) < 4.78 is 0. The summed E-state index contributed by atoms with van der Waals surface area (Å²) in [7, 11) is 0. The van der Waals surface area contributed by atoms with Gasteiger partial charge in [-0.15, -0.1) is 0 Å². The average molecular weight is 255 g/mol. The van der Waals surface area contributed by atoms with Crippen LogP contribution in [0.2, 0.25) is 0 Å². The van der Waals surface area contributed by atoms with E-state index < -0.39 is 0 Å². The summed E-state index contributed by atoms with van der Waals surface area (Å²) in [5.74, 6) is 0.749. The highest BCUT2D eigenvalue weighted by Crippen LogP contribution is 2.16. The second-order valence-electron chi connectivity index (χ2n) is 5.04. The van der Waals surface area contributed by atoms with Gasteiger partial charge in [-0.3, -0.25) is 9.78 Å². The Kier molecular flexibility index (Phi) is 3.40. The first-order chi connectivity index (χ1) is 9.33. The van der Waals surface area contributed by atoms with Crippen LogP contribution in [0, 0.1) is 0 Å². The smallest absolute Gasteiger partial charge is 0.254 e. The number of fused-ring (bicyclic) bond motifs is 1. The molecule has 3 rings (SSSR count). The number of nitrogens with zero attached hydrogens (tertiary/aromatic N) is 2. The predicted molar refractivity (Wildman–Crippen MR) is 73.2 cm³/mol. The van der Waals surface area contributed by atoms with Crippen LogP contribution in [0.25, 0.3) is 0 Å². The van der Waals surface area contributed by atoms with Crippen LogP contribution in [0.5, 0.6) is 0 Å². The zero-order valence-corrected chi connectivity index (χ0v) is 10.9. The molecule has 2 heterocycles. The fraction of sp³-hybridized carbons (Fsp3) is 0.400. The molecule has 19 heavy (non-hydrogen) atoms. The number of pyridine rings is 1. The maximum atomic E-state index is 12.1. The highest BCUT2D eigenvalue weighted by Gasteiger charge is 2.14. The van der Waals surface area contributed by atoms with Gasteiger partial charge in [0, 0.05) is 24.4 Å². The Morgan fingerprint density at radius 1 is 1.21 bits per heavy atom. The molecule has 0 spiro atoms. The highest BCUT2D eigenvalue weighted by atomic mass is 16.1. The minimum absolute atomic E-state index is 0.0470. The van der Waals surface area contributed by atoms with Gasteiger partial charge in [0.25, 0.3) is 5.56 Å². The van der Waals surface area contributed by atoms with Crippen molar-refractivity contribution in [1.82, 2.24) is 15.0 Å². The van der Waals surface area contributed by atoms with Crippen molar-refractivity contribution in [3.05, 3.63) is 57.5 Å². The topological polar surface area (TPSA) is 58.6 Å². The van der Waals surface area contributed by atoms with Crippen LogP contribution >= 0.6 is 0 Å². The predicted octanol–water partition coefficient (Wildman–Crippen LogP) is 2.02. The van der Waals surface area contributed by atoms with Crippen LogP contribution in [0.3, 0.4) is 0 Å². The first-order valence-electron chi connectivity index (χ1n) is 6.83. The maximum Gasteiger partial charge on any atom is 0.254 e. The summed E-state index contributed by atoms with van der Waals surface area (Å²) in [5.41, 5.74) is 3.01. The Hall–Kier alpha value is -1.97. The molecule has 2 aromatic rings. The molecule has 2 aromatic heterocycles. The van der Waals surface area contributed by atoms with E-state index in [1.54, 1.807) is 6.20 Å². The lowest BCUT2D eigenvalue weighted by Gasteiger charge is -2.07. The van der Waals surface area contributed by atoms with Crippen molar-refractivity contribution in [3.8, 4) is 0 Å². The zero-order chi connectivity index (χ0) is 13.1. The standard InChI is InChI=1S/C15H17N3O/c19-15-12-6-2-1-3-7-13(12)17-14(18-15)9-11-5-4-8-16-10-11/h4-5,8,10H,1-3,6-7,9H2,(H,17,18,19). The maximum absolute atomic E-state index is 12.1. The SMILES string of the molecule is O=c1[nH]c(Cc2cccnc2)nc2c1CCCCC2. The number of aromatic nitrogens is 3. The van der Waals surface area contributed by atoms with Gasteiger partial charge in [-0.05, 0) is 37.3 Å². The molecule has 0 radical (unpaired) electrons. The minimum atomic E-state index is 0.0470. The fourth-order valence-electron chi connectivity index (χ4n) is 2.61. The number of hydrogen-bond acceptors (Lipinski definition) is 3. The van der Waals surface area contributed by atoms with Gasteiger partial charge in [0.15, 0.2) is 0 Å². The largest absolute Gasteiger partial charge is 0.310 e. The number of aromatic amines is 1. The molecule has 0 saturated carbocycles. The lowest BCUT2D eigenvalue weighted by Crippen LogP contribution is -2.19. The quantitative estimate of drug-likeness (QED) is 0.835. The molecule has 0 bridgehead atoms. The van der Waals surface area contributed by atoms with Gasteiger partial charge in [-0.25, -0.2) is 4.98 Å². The van der Waals surface area contributed by atoms with Gasteiger partial charge in [0.05, 0.1) is 5.69 Å². The van der Waals surface area contributed by atoms with Gasteiger partial charge in [-0.2, -0.15) is 0 Å². The lowest BCUT2D eigenvalue weighted by atomic mass is 10.1. The lowest BCUT2D eigenvalue weighted by molar-refractivity contribution is 0.708. The molecule has 1 N–H and O–H groups in total. The normalized spacial score (nSPS) is 14.7. The first-order valence-corrected chi connectivity index (χ1v) is 6.83. The molecule has 0 aliphatic heterocycles. The van der Waals surface area contributed by atoms with E-state index in [0.29, 0.717) is 6.42 Å². The Bertz CT molecular complexity index is 619. The summed E-state index contributed by atoms with van der Waals surface area (Å²) in [5, 5.41) is 0. The van der Waals surface area contributed by atoms with Crippen LogP contribution in [-0.4, -0.2) is 15.0 Å².